The molecule has 90 valence electrons. The van der Waals surface area contributed by atoms with Gasteiger partial charge in [0.25, 0.3) is 0 Å². The molecule has 1 aromatic carbocycles. The molecule has 4 nitrogen and oxygen atoms in total. The fraction of sp³-hybridized carbons (Fsp3) is 0.455. The number of nitrogen functional groups attached to an aromatic ring is 1. The second-order valence-electron chi connectivity index (χ2n) is 3.41. The molecule has 0 saturated carbocycles. The lowest BCUT2D eigenvalue weighted by Gasteiger charge is -2.25. The number of nitrogens with two attached hydrogens (primary N) is 1. The Kier molecular flexibility index (Phi) is 5.59. The molecule has 0 heterocycles. The Morgan fingerprint density at radius 2 is 2.19 bits per heavy atom. The topological polar surface area (TPSA) is 58.7 Å². The van der Waals surface area contributed by atoms with Gasteiger partial charge >= 0.3 is 0 Å². The Morgan fingerprint density at radius 3 is 2.81 bits per heavy atom. The van der Waals surface area contributed by atoms with E-state index in [1.54, 1.807) is 7.11 Å². The van der Waals surface area contributed by atoms with Gasteiger partial charge in [0, 0.05) is 24.7 Å². The maximum Gasteiger partial charge on any atom is 0.0637 e. The van der Waals surface area contributed by atoms with E-state index in [2.05, 4.69) is 15.9 Å². The molecule has 0 unspecified atom stereocenters. The first-order valence-corrected chi connectivity index (χ1v) is 5.88. The largest absolute Gasteiger partial charge is 0.397 e. The molecule has 1 rings (SSSR count). The van der Waals surface area contributed by atoms with Crippen LogP contribution in [0, 0.1) is 0 Å². The lowest BCUT2D eigenvalue weighted by Crippen LogP contribution is -2.30. The molecular weight excluding hydrogens is 272 g/mol. The Bertz CT molecular complexity index is 334. The van der Waals surface area contributed by atoms with E-state index in [1.807, 2.05) is 23.1 Å². The molecule has 0 saturated heterocycles. The van der Waals surface area contributed by atoms with E-state index in [4.69, 9.17) is 15.6 Å². The van der Waals surface area contributed by atoms with Crippen molar-refractivity contribution in [1.29, 1.82) is 0 Å². The van der Waals surface area contributed by atoms with E-state index < -0.39 is 0 Å². The number of halogens is 1. The number of hydrogen-bond donors (Lipinski definition) is 2. The molecule has 5 heteroatoms. The summed E-state index contributed by atoms with van der Waals surface area (Å²) in [5.74, 6) is 0. The average molecular weight is 289 g/mol. The first-order chi connectivity index (χ1) is 7.69. The van der Waals surface area contributed by atoms with Gasteiger partial charge in [0.2, 0.25) is 0 Å². The summed E-state index contributed by atoms with van der Waals surface area (Å²) in [5, 5.41) is 9.02. The second kappa shape index (κ2) is 6.73. The number of anilines is 2. The average Bonchev–Trinajstić information content (AvgIpc) is 2.28. The number of hydrogen-bond acceptors (Lipinski definition) is 4. The van der Waals surface area contributed by atoms with Crippen LogP contribution in [0.5, 0.6) is 0 Å². The van der Waals surface area contributed by atoms with Crippen molar-refractivity contribution < 1.29 is 9.84 Å². The van der Waals surface area contributed by atoms with Crippen molar-refractivity contribution in [2.45, 2.75) is 0 Å². The molecule has 0 spiro atoms. The third kappa shape index (κ3) is 3.66. The van der Waals surface area contributed by atoms with Gasteiger partial charge in [-0.25, -0.2) is 0 Å². The van der Waals surface area contributed by atoms with Crippen molar-refractivity contribution in [3.05, 3.63) is 22.7 Å². The summed E-state index contributed by atoms with van der Waals surface area (Å²) in [4.78, 5) is 2.00. The Hall–Kier alpha value is -0.780. The van der Waals surface area contributed by atoms with Crippen LogP contribution in [0.3, 0.4) is 0 Å². The Balaban J connectivity index is 2.85. The SMILES string of the molecule is COCCN(CCO)c1cc(Br)ccc1N. The van der Waals surface area contributed by atoms with Crippen LogP contribution < -0.4 is 10.6 Å². The highest BCUT2D eigenvalue weighted by Crippen LogP contribution is 2.26. The fourth-order valence-electron chi connectivity index (χ4n) is 1.47. The zero-order valence-electron chi connectivity index (χ0n) is 9.32. The van der Waals surface area contributed by atoms with E-state index in [1.165, 1.54) is 0 Å². The van der Waals surface area contributed by atoms with Gasteiger partial charge in [-0.05, 0) is 18.2 Å². The molecule has 0 bridgehead atoms. The monoisotopic (exact) mass is 288 g/mol. The van der Waals surface area contributed by atoms with E-state index in [0.29, 0.717) is 25.4 Å². The number of ether oxygens (including phenoxy) is 1. The van der Waals surface area contributed by atoms with Crippen molar-refractivity contribution in [2.24, 2.45) is 0 Å². The second-order valence-corrected chi connectivity index (χ2v) is 4.32. The Morgan fingerprint density at radius 1 is 1.44 bits per heavy atom. The Labute approximate surface area is 104 Å². The van der Waals surface area contributed by atoms with Gasteiger partial charge in [0.1, 0.15) is 0 Å². The van der Waals surface area contributed by atoms with Crippen LogP contribution in [0.15, 0.2) is 22.7 Å². The summed E-state index contributed by atoms with van der Waals surface area (Å²) in [6.07, 6.45) is 0. The smallest absolute Gasteiger partial charge is 0.0637 e. The van der Waals surface area contributed by atoms with Crippen LogP contribution in [0.25, 0.3) is 0 Å². The molecule has 16 heavy (non-hydrogen) atoms. The summed E-state index contributed by atoms with van der Waals surface area (Å²) in [7, 11) is 1.65. The summed E-state index contributed by atoms with van der Waals surface area (Å²) in [6, 6.07) is 5.68. The third-order valence-electron chi connectivity index (χ3n) is 2.27. The first kappa shape index (κ1) is 13.3. The molecule has 1 aromatic rings. The number of rotatable bonds is 6. The van der Waals surface area contributed by atoms with E-state index in [0.717, 1.165) is 10.2 Å². The van der Waals surface area contributed by atoms with Gasteiger partial charge in [-0.3, -0.25) is 0 Å². The minimum atomic E-state index is 0.0929. The van der Waals surface area contributed by atoms with Crippen molar-refractivity contribution in [2.75, 3.05) is 44.0 Å². The van der Waals surface area contributed by atoms with Crippen LogP contribution in [-0.2, 0) is 4.74 Å². The molecule has 0 amide bonds. The molecule has 0 aliphatic carbocycles. The fourth-order valence-corrected chi connectivity index (χ4v) is 1.81. The van der Waals surface area contributed by atoms with Gasteiger partial charge < -0.3 is 20.5 Å². The number of methoxy groups -OCH3 is 1. The standard InChI is InChI=1S/C11H17BrN2O2/c1-16-7-5-14(4-6-15)11-8-9(12)2-3-10(11)13/h2-3,8,15H,4-7,13H2,1H3. The molecule has 0 fully saturated rings. The highest BCUT2D eigenvalue weighted by molar-refractivity contribution is 9.10. The highest BCUT2D eigenvalue weighted by Gasteiger charge is 2.09. The predicted molar refractivity (Wildman–Crippen MR) is 69.7 cm³/mol. The van der Waals surface area contributed by atoms with Gasteiger partial charge in [-0.1, -0.05) is 15.9 Å². The minimum Gasteiger partial charge on any atom is -0.397 e. The number of aliphatic hydroxyl groups is 1. The van der Waals surface area contributed by atoms with Crippen LogP contribution in [0.1, 0.15) is 0 Å². The van der Waals surface area contributed by atoms with Crippen molar-refractivity contribution in [3.63, 3.8) is 0 Å². The van der Waals surface area contributed by atoms with Crippen molar-refractivity contribution in [1.82, 2.24) is 0 Å². The van der Waals surface area contributed by atoms with Crippen molar-refractivity contribution in [3.8, 4) is 0 Å². The molecule has 0 aromatic heterocycles. The molecular formula is C11H17BrN2O2. The van der Waals surface area contributed by atoms with E-state index >= 15 is 0 Å². The van der Waals surface area contributed by atoms with Crippen LogP contribution >= 0.6 is 15.9 Å². The molecule has 0 aliphatic heterocycles. The minimum absolute atomic E-state index is 0.0929. The van der Waals surface area contributed by atoms with Crippen LogP contribution in [0.2, 0.25) is 0 Å². The number of benzene rings is 1. The molecule has 0 radical (unpaired) electrons. The normalized spacial score (nSPS) is 10.4. The van der Waals surface area contributed by atoms with Gasteiger partial charge in [-0.2, -0.15) is 0 Å². The van der Waals surface area contributed by atoms with Gasteiger partial charge in [0.15, 0.2) is 0 Å². The summed E-state index contributed by atoms with van der Waals surface area (Å²) >= 11 is 3.41. The van der Waals surface area contributed by atoms with E-state index in [-0.39, 0.29) is 6.61 Å². The maximum absolute atomic E-state index is 9.02. The predicted octanol–water partition coefficient (Wildman–Crippen LogP) is 1.48. The molecule has 0 aliphatic rings. The summed E-state index contributed by atoms with van der Waals surface area (Å²) in [5.41, 5.74) is 7.53. The number of nitrogens with zero attached hydrogens (tertiary/aromatic N) is 1. The van der Waals surface area contributed by atoms with Crippen LogP contribution in [0.4, 0.5) is 11.4 Å². The first-order valence-electron chi connectivity index (χ1n) is 5.08. The highest BCUT2D eigenvalue weighted by atomic mass is 79.9. The molecule has 3 N–H and O–H groups in total. The van der Waals surface area contributed by atoms with E-state index in [9.17, 15) is 0 Å². The maximum atomic E-state index is 9.02. The quantitative estimate of drug-likeness (QED) is 0.779. The lowest BCUT2D eigenvalue weighted by atomic mass is 10.2. The molecule has 0 atom stereocenters. The lowest BCUT2D eigenvalue weighted by molar-refractivity contribution is 0.203. The van der Waals surface area contributed by atoms with Crippen molar-refractivity contribution >= 4 is 27.3 Å². The van der Waals surface area contributed by atoms with Gasteiger partial charge in [0.05, 0.1) is 24.6 Å². The summed E-state index contributed by atoms with van der Waals surface area (Å²) in [6.45, 7) is 1.95. The number of aliphatic hydroxyl groups excluding tert-OH is 1. The van der Waals surface area contributed by atoms with Gasteiger partial charge in [-0.15, -0.1) is 0 Å². The summed E-state index contributed by atoms with van der Waals surface area (Å²) < 4.78 is 6.00. The zero-order valence-corrected chi connectivity index (χ0v) is 10.9. The zero-order chi connectivity index (χ0) is 12.0. The van der Waals surface area contributed by atoms with Crippen LogP contribution in [-0.4, -0.2) is 38.5 Å². The third-order valence-corrected chi connectivity index (χ3v) is 2.76.